The number of carbonyl (C=O) groups is 1. The SMILES string of the molecule is COc1ccc(C2=NN(/C(C)=C/C(C)=O)[C@H](c3cccc([N+](=O)[O-])c3)C2)cc1. The van der Waals surface area contributed by atoms with Crippen LogP contribution in [0.1, 0.15) is 37.4 Å². The molecule has 0 aliphatic carbocycles. The van der Waals surface area contributed by atoms with Crippen molar-refractivity contribution in [1.29, 1.82) is 0 Å². The molecule has 1 atom stereocenters. The summed E-state index contributed by atoms with van der Waals surface area (Å²) >= 11 is 0. The van der Waals surface area contributed by atoms with Gasteiger partial charge in [-0.1, -0.05) is 12.1 Å². The monoisotopic (exact) mass is 379 g/mol. The summed E-state index contributed by atoms with van der Waals surface area (Å²) in [5.74, 6) is 0.672. The lowest BCUT2D eigenvalue weighted by Gasteiger charge is -2.24. The molecule has 0 bridgehead atoms. The number of nitro benzene ring substituents is 1. The number of ether oxygens (including phenoxy) is 1. The van der Waals surface area contributed by atoms with Gasteiger partial charge in [-0.3, -0.25) is 19.9 Å². The Morgan fingerprint density at radius 3 is 2.57 bits per heavy atom. The normalized spacial score (nSPS) is 16.7. The van der Waals surface area contributed by atoms with Gasteiger partial charge in [0.15, 0.2) is 5.78 Å². The standard InChI is InChI=1S/C21H21N3O4/c1-14(11-15(2)25)23-21(17-5-4-6-18(12-17)24(26)27)13-20(22-23)16-7-9-19(28-3)10-8-16/h4-12,21H,13H2,1-3H3/b14-11+/t21-/m0/s1. The number of non-ortho nitro benzene ring substituents is 1. The van der Waals surface area contributed by atoms with E-state index in [1.807, 2.05) is 37.3 Å². The lowest BCUT2D eigenvalue weighted by atomic mass is 9.97. The summed E-state index contributed by atoms with van der Waals surface area (Å²) in [6, 6.07) is 13.9. The highest BCUT2D eigenvalue weighted by molar-refractivity contribution is 6.02. The highest BCUT2D eigenvalue weighted by Gasteiger charge is 2.30. The zero-order valence-corrected chi connectivity index (χ0v) is 16.0. The van der Waals surface area contributed by atoms with Crippen molar-refractivity contribution in [3.05, 3.63) is 81.5 Å². The second-order valence-electron chi connectivity index (χ2n) is 6.59. The van der Waals surface area contributed by atoms with E-state index >= 15 is 0 Å². The van der Waals surface area contributed by atoms with Gasteiger partial charge in [0.2, 0.25) is 0 Å². The Morgan fingerprint density at radius 2 is 1.96 bits per heavy atom. The molecule has 28 heavy (non-hydrogen) atoms. The minimum atomic E-state index is -0.410. The smallest absolute Gasteiger partial charge is 0.269 e. The lowest BCUT2D eigenvalue weighted by molar-refractivity contribution is -0.384. The van der Waals surface area contributed by atoms with Crippen LogP contribution in [0.3, 0.4) is 0 Å². The van der Waals surface area contributed by atoms with E-state index in [2.05, 4.69) is 0 Å². The first-order valence-corrected chi connectivity index (χ1v) is 8.83. The maximum absolute atomic E-state index is 11.6. The lowest BCUT2D eigenvalue weighted by Crippen LogP contribution is -2.18. The first-order chi connectivity index (χ1) is 13.4. The van der Waals surface area contributed by atoms with Crippen molar-refractivity contribution in [2.24, 2.45) is 5.10 Å². The van der Waals surface area contributed by atoms with E-state index in [1.165, 1.54) is 19.1 Å². The van der Waals surface area contributed by atoms with Crippen LogP contribution < -0.4 is 4.74 Å². The van der Waals surface area contributed by atoms with Crippen LogP contribution in [-0.2, 0) is 4.79 Å². The molecule has 1 aliphatic rings. The van der Waals surface area contributed by atoms with Crippen molar-refractivity contribution in [1.82, 2.24) is 5.01 Å². The van der Waals surface area contributed by atoms with E-state index in [0.29, 0.717) is 12.1 Å². The number of nitro groups is 1. The van der Waals surface area contributed by atoms with E-state index in [-0.39, 0.29) is 17.5 Å². The third-order valence-electron chi connectivity index (χ3n) is 4.57. The van der Waals surface area contributed by atoms with E-state index < -0.39 is 4.92 Å². The molecule has 2 aromatic carbocycles. The van der Waals surface area contributed by atoms with Crippen LogP contribution in [0, 0.1) is 10.1 Å². The molecule has 0 aromatic heterocycles. The molecule has 0 fully saturated rings. The molecule has 0 saturated carbocycles. The number of carbonyl (C=O) groups excluding carboxylic acids is 1. The molecule has 0 N–H and O–H groups in total. The number of benzene rings is 2. The molecule has 1 heterocycles. The van der Waals surface area contributed by atoms with Gasteiger partial charge in [0.1, 0.15) is 5.75 Å². The predicted octanol–water partition coefficient (Wildman–Crippen LogP) is 4.25. The van der Waals surface area contributed by atoms with Crippen molar-refractivity contribution < 1.29 is 14.5 Å². The van der Waals surface area contributed by atoms with Crippen molar-refractivity contribution in [2.75, 3.05) is 7.11 Å². The van der Waals surface area contributed by atoms with Crippen LogP contribution in [-0.4, -0.2) is 28.5 Å². The largest absolute Gasteiger partial charge is 0.497 e. The zero-order chi connectivity index (χ0) is 20.3. The quantitative estimate of drug-likeness (QED) is 0.426. The summed E-state index contributed by atoms with van der Waals surface area (Å²) in [6.45, 7) is 3.29. The Kier molecular flexibility index (Phi) is 5.54. The number of hydrogen-bond acceptors (Lipinski definition) is 6. The van der Waals surface area contributed by atoms with Crippen molar-refractivity contribution >= 4 is 17.2 Å². The van der Waals surface area contributed by atoms with Crippen LogP contribution >= 0.6 is 0 Å². The number of rotatable bonds is 6. The van der Waals surface area contributed by atoms with Gasteiger partial charge >= 0.3 is 0 Å². The topological polar surface area (TPSA) is 85.0 Å². The molecule has 2 aromatic rings. The zero-order valence-electron chi connectivity index (χ0n) is 16.0. The van der Waals surface area contributed by atoms with Gasteiger partial charge in [-0.15, -0.1) is 0 Å². The number of ketones is 1. The van der Waals surface area contributed by atoms with Crippen LogP contribution in [0.25, 0.3) is 0 Å². The van der Waals surface area contributed by atoms with Gasteiger partial charge in [-0.05, 0) is 49.2 Å². The van der Waals surface area contributed by atoms with Gasteiger partial charge in [-0.25, -0.2) is 0 Å². The van der Waals surface area contributed by atoms with Crippen molar-refractivity contribution in [2.45, 2.75) is 26.3 Å². The van der Waals surface area contributed by atoms with Crippen molar-refractivity contribution in [3.8, 4) is 5.75 Å². The average molecular weight is 379 g/mol. The number of nitrogens with zero attached hydrogens (tertiary/aromatic N) is 3. The molecule has 7 nitrogen and oxygen atoms in total. The van der Waals surface area contributed by atoms with Gasteiger partial charge in [0.25, 0.3) is 5.69 Å². The van der Waals surface area contributed by atoms with Gasteiger partial charge in [0.05, 0.1) is 23.8 Å². The molecule has 0 amide bonds. The Morgan fingerprint density at radius 1 is 1.25 bits per heavy atom. The summed E-state index contributed by atoms with van der Waals surface area (Å²) in [6.07, 6.45) is 2.08. The first kappa shape index (κ1) is 19.3. The second-order valence-corrected chi connectivity index (χ2v) is 6.59. The molecule has 0 spiro atoms. The predicted molar refractivity (Wildman–Crippen MR) is 106 cm³/mol. The summed E-state index contributed by atoms with van der Waals surface area (Å²) in [7, 11) is 1.61. The number of methoxy groups -OCH3 is 1. The fourth-order valence-electron chi connectivity index (χ4n) is 3.26. The van der Waals surface area contributed by atoms with Gasteiger partial charge in [-0.2, -0.15) is 5.10 Å². The van der Waals surface area contributed by atoms with Crippen LogP contribution in [0.2, 0.25) is 0 Å². The molecular weight excluding hydrogens is 358 g/mol. The number of hydrazone groups is 1. The molecule has 0 saturated heterocycles. The van der Waals surface area contributed by atoms with Crippen molar-refractivity contribution in [3.63, 3.8) is 0 Å². The highest BCUT2D eigenvalue weighted by Crippen LogP contribution is 2.36. The fourth-order valence-corrected chi connectivity index (χ4v) is 3.26. The molecule has 144 valence electrons. The maximum Gasteiger partial charge on any atom is 0.269 e. The molecule has 0 unspecified atom stereocenters. The number of allylic oxidation sites excluding steroid dienone is 2. The first-order valence-electron chi connectivity index (χ1n) is 8.83. The average Bonchev–Trinajstić information content (AvgIpc) is 3.13. The summed E-state index contributed by atoms with van der Waals surface area (Å²) in [4.78, 5) is 22.3. The molecule has 3 rings (SSSR count). The third kappa shape index (κ3) is 4.09. The highest BCUT2D eigenvalue weighted by atomic mass is 16.6. The molecule has 7 heteroatoms. The van der Waals surface area contributed by atoms with Crippen LogP contribution in [0.5, 0.6) is 5.75 Å². The summed E-state index contributed by atoms with van der Waals surface area (Å²) in [5, 5.41) is 17.7. The van der Waals surface area contributed by atoms with E-state index in [9.17, 15) is 14.9 Å². The number of hydrogen-bond donors (Lipinski definition) is 0. The van der Waals surface area contributed by atoms with Gasteiger partial charge < -0.3 is 4.74 Å². The Bertz CT molecular complexity index is 964. The van der Waals surface area contributed by atoms with Gasteiger partial charge in [0, 0.05) is 30.3 Å². The van der Waals surface area contributed by atoms with E-state index in [0.717, 1.165) is 22.6 Å². The molecular formula is C21H21N3O4. The molecule has 0 radical (unpaired) electrons. The van der Waals surface area contributed by atoms with Crippen LogP contribution in [0.15, 0.2) is 65.4 Å². The maximum atomic E-state index is 11.6. The Labute approximate surface area is 163 Å². The van der Waals surface area contributed by atoms with E-state index in [4.69, 9.17) is 9.84 Å². The minimum absolute atomic E-state index is 0.0311. The molecule has 1 aliphatic heterocycles. The third-order valence-corrected chi connectivity index (χ3v) is 4.57. The van der Waals surface area contributed by atoms with E-state index in [1.54, 1.807) is 24.3 Å². The Hall–Kier alpha value is -3.48. The fraction of sp³-hybridized carbons (Fsp3) is 0.238. The summed E-state index contributed by atoms with van der Waals surface area (Å²) < 4.78 is 5.20. The minimum Gasteiger partial charge on any atom is -0.497 e. The Balaban J connectivity index is 2.00. The second kappa shape index (κ2) is 8.04. The summed E-state index contributed by atoms with van der Waals surface area (Å²) in [5.41, 5.74) is 3.28. The van der Waals surface area contributed by atoms with Crippen LogP contribution in [0.4, 0.5) is 5.69 Å².